The molecule has 1 heterocycles. The van der Waals surface area contributed by atoms with E-state index in [1.165, 1.54) is 27.4 Å². The first-order chi connectivity index (χ1) is 15.9. The SMILES string of the molecule is COc1cc2oc(-c3cccc(NC(=O)c4ccc(Br)cc4)c3)cc(=O)c2c(OC)c1OC. The summed E-state index contributed by atoms with van der Waals surface area (Å²) in [5, 5.41) is 3.11. The van der Waals surface area contributed by atoms with Crippen molar-refractivity contribution >= 4 is 38.5 Å². The number of carbonyl (C=O) groups is 1. The highest BCUT2D eigenvalue weighted by Crippen LogP contribution is 2.42. The quantitative estimate of drug-likeness (QED) is 0.369. The average molecular weight is 510 g/mol. The summed E-state index contributed by atoms with van der Waals surface area (Å²) in [4.78, 5) is 25.5. The van der Waals surface area contributed by atoms with Crippen LogP contribution < -0.4 is 25.0 Å². The van der Waals surface area contributed by atoms with Gasteiger partial charge in [0, 0.05) is 33.4 Å². The molecule has 0 aliphatic heterocycles. The van der Waals surface area contributed by atoms with E-state index in [4.69, 9.17) is 18.6 Å². The van der Waals surface area contributed by atoms with E-state index in [-0.39, 0.29) is 28.1 Å². The number of fused-ring (bicyclic) bond motifs is 1. The summed E-state index contributed by atoms with van der Waals surface area (Å²) >= 11 is 3.36. The van der Waals surface area contributed by atoms with Gasteiger partial charge in [-0.2, -0.15) is 0 Å². The lowest BCUT2D eigenvalue weighted by Gasteiger charge is -2.14. The van der Waals surface area contributed by atoms with Gasteiger partial charge in [0.1, 0.15) is 16.7 Å². The van der Waals surface area contributed by atoms with Crippen molar-refractivity contribution in [2.45, 2.75) is 0 Å². The standard InChI is InChI=1S/C25H20BrNO6/c1-30-21-13-20-22(24(32-3)23(21)31-2)18(28)12-19(33-20)15-5-4-6-17(11-15)27-25(29)14-7-9-16(26)10-8-14/h4-13H,1-3H3,(H,27,29). The lowest BCUT2D eigenvalue weighted by atomic mass is 10.1. The number of hydrogen-bond acceptors (Lipinski definition) is 6. The zero-order chi connectivity index (χ0) is 23.5. The van der Waals surface area contributed by atoms with Gasteiger partial charge in [-0.3, -0.25) is 9.59 Å². The molecular formula is C25H20BrNO6. The number of amides is 1. The molecule has 0 spiro atoms. The van der Waals surface area contributed by atoms with E-state index < -0.39 is 0 Å². The molecule has 4 aromatic rings. The van der Waals surface area contributed by atoms with Gasteiger partial charge in [-0.1, -0.05) is 28.1 Å². The van der Waals surface area contributed by atoms with Crippen LogP contribution >= 0.6 is 15.9 Å². The molecule has 1 aromatic heterocycles. The highest BCUT2D eigenvalue weighted by atomic mass is 79.9. The van der Waals surface area contributed by atoms with Crippen LogP contribution in [0.2, 0.25) is 0 Å². The number of rotatable bonds is 6. The second-order valence-corrected chi connectivity index (χ2v) is 7.95. The Hall–Kier alpha value is -3.78. The Balaban J connectivity index is 1.74. The van der Waals surface area contributed by atoms with E-state index in [1.807, 2.05) is 0 Å². The molecule has 1 N–H and O–H groups in total. The lowest BCUT2D eigenvalue weighted by Crippen LogP contribution is -2.11. The van der Waals surface area contributed by atoms with Crippen LogP contribution in [0.3, 0.4) is 0 Å². The number of halogens is 1. The summed E-state index contributed by atoms with van der Waals surface area (Å²) in [5.41, 5.74) is 1.70. The number of carbonyl (C=O) groups excluding carboxylic acids is 1. The normalized spacial score (nSPS) is 10.7. The Bertz CT molecular complexity index is 1390. The predicted octanol–water partition coefficient (Wildman–Crippen LogP) is 5.50. The van der Waals surface area contributed by atoms with Gasteiger partial charge < -0.3 is 23.9 Å². The van der Waals surface area contributed by atoms with E-state index in [9.17, 15) is 9.59 Å². The van der Waals surface area contributed by atoms with Crippen LogP contribution in [0.15, 0.2) is 74.3 Å². The van der Waals surface area contributed by atoms with Gasteiger partial charge in [0.15, 0.2) is 16.9 Å². The summed E-state index contributed by atoms with van der Waals surface area (Å²) in [5.74, 6) is 1.01. The number of nitrogens with one attached hydrogen (secondary N) is 1. The first-order valence-electron chi connectivity index (χ1n) is 9.89. The fraction of sp³-hybridized carbons (Fsp3) is 0.120. The largest absolute Gasteiger partial charge is 0.493 e. The van der Waals surface area contributed by atoms with Crippen LogP contribution in [0.25, 0.3) is 22.3 Å². The van der Waals surface area contributed by atoms with Crippen molar-refractivity contribution in [3.05, 3.63) is 80.9 Å². The maximum absolute atomic E-state index is 13.0. The molecule has 1 amide bonds. The molecule has 3 aromatic carbocycles. The molecule has 0 aliphatic carbocycles. The summed E-state index contributed by atoms with van der Waals surface area (Å²) < 4.78 is 23.1. The summed E-state index contributed by atoms with van der Waals surface area (Å²) in [6, 6.07) is 17.1. The Kier molecular flexibility index (Phi) is 6.37. The van der Waals surface area contributed by atoms with Crippen LogP contribution in [0.4, 0.5) is 5.69 Å². The molecule has 0 saturated carbocycles. The zero-order valence-electron chi connectivity index (χ0n) is 18.1. The molecule has 0 atom stereocenters. The van der Waals surface area contributed by atoms with Crippen molar-refractivity contribution in [1.29, 1.82) is 0 Å². The Labute approximate surface area is 198 Å². The second-order valence-electron chi connectivity index (χ2n) is 7.04. The van der Waals surface area contributed by atoms with Gasteiger partial charge in [-0.25, -0.2) is 0 Å². The molecule has 0 bridgehead atoms. The van der Waals surface area contributed by atoms with Crippen molar-refractivity contribution in [3.8, 4) is 28.6 Å². The molecular weight excluding hydrogens is 490 g/mol. The van der Waals surface area contributed by atoms with Crippen molar-refractivity contribution in [2.75, 3.05) is 26.6 Å². The maximum atomic E-state index is 13.0. The van der Waals surface area contributed by atoms with Crippen molar-refractivity contribution in [3.63, 3.8) is 0 Å². The molecule has 0 radical (unpaired) electrons. The van der Waals surface area contributed by atoms with Gasteiger partial charge in [-0.15, -0.1) is 0 Å². The topological polar surface area (TPSA) is 87.0 Å². The Morgan fingerprint density at radius 3 is 2.30 bits per heavy atom. The van der Waals surface area contributed by atoms with Crippen LogP contribution in [-0.2, 0) is 0 Å². The van der Waals surface area contributed by atoms with Gasteiger partial charge in [0.05, 0.1) is 21.3 Å². The van der Waals surface area contributed by atoms with E-state index in [2.05, 4.69) is 21.2 Å². The molecule has 168 valence electrons. The first kappa shape index (κ1) is 22.4. The van der Waals surface area contributed by atoms with Crippen LogP contribution in [0, 0.1) is 0 Å². The fourth-order valence-corrected chi connectivity index (χ4v) is 3.75. The van der Waals surface area contributed by atoms with Crippen LogP contribution in [0.1, 0.15) is 10.4 Å². The van der Waals surface area contributed by atoms with E-state index >= 15 is 0 Å². The molecule has 0 saturated heterocycles. The highest BCUT2D eigenvalue weighted by Gasteiger charge is 2.21. The minimum absolute atomic E-state index is 0.239. The number of ether oxygens (including phenoxy) is 3. The predicted molar refractivity (Wildman–Crippen MR) is 130 cm³/mol. The highest BCUT2D eigenvalue weighted by molar-refractivity contribution is 9.10. The maximum Gasteiger partial charge on any atom is 0.255 e. The third-order valence-electron chi connectivity index (χ3n) is 5.03. The van der Waals surface area contributed by atoms with Gasteiger partial charge in [0.2, 0.25) is 5.75 Å². The summed E-state index contributed by atoms with van der Waals surface area (Å²) in [7, 11) is 4.40. The van der Waals surface area contributed by atoms with Crippen LogP contribution in [0.5, 0.6) is 17.2 Å². The van der Waals surface area contributed by atoms with E-state index in [0.717, 1.165) is 4.47 Å². The summed E-state index contributed by atoms with van der Waals surface area (Å²) in [6.45, 7) is 0. The van der Waals surface area contributed by atoms with Crippen LogP contribution in [-0.4, -0.2) is 27.2 Å². The lowest BCUT2D eigenvalue weighted by molar-refractivity contribution is 0.102. The van der Waals surface area contributed by atoms with Gasteiger partial charge in [-0.05, 0) is 36.4 Å². The van der Waals surface area contributed by atoms with Gasteiger partial charge >= 0.3 is 0 Å². The fourth-order valence-electron chi connectivity index (χ4n) is 3.48. The zero-order valence-corrected chi connectivity index (χ0v) is 19.7. The van der Waals surface area contributed by atoms with E-state index in [0.29, 0.717) is 34.1 Å². The molecule has 4 rings (SSSR count). The van der Waals surface area contributed by atoms with Crippen molar-refractivity contribution < 1.29 is 23.4 Å². The van der Waals surface area contributed by atoms with E-state index in [1.54, 1.807) is 54.6 Å². The number of hydrogen-bond donors (Lipinski definition) is 1. The molecule has 0 fully saturated rings. The molecule has 33 heavy (non-hydrogen) atoms. The average Bonchev–Trinajstić information content (AvgIpc) is 2.83. The van der Waals surface area contributed by atoms with Gasteiger partial charge in [0.25, 0.3) is 5.91 Å². The Morgan fingerprint density at radius 1 is 0.909 bits per heavy atom. The van der Waals surface area contributed by atoms with Crippen molar-refractivity contribution in [1.82, 2.24) is 0 Å². The summed E-state index contributed by atoms with van der Waals surface area (Å²) in [6.07, 6.45) is 0. The third-order valence-corrected chi connectivity index (χ3v) is 5.56. The number of methoxy groups -OCH3 is 3. The smallest absolute Gasteiger partial charge is 0.255 e. The molecule has 7 nitrogen and oxygen atoms in total. The Morgan fingerprint density at radius 2 is 1.64 bits per heavy atom. The van der Waals surface area contributed by atoms with Crippen molar-refractivity contribution in [2.24, 2.45) is 0 Å². The molecule has 0 aliphatic rings. The molecule has 8 heteroatoms. The molecule has 0 unspecified atom stereocenters. The number of anilines is 1. The monoisotopic (exact) mass is 509 g/mol. The second kappa shape index (κ2) is 9.38. The minimum atomic E-state index is -0.298. The number of benzene rings is 3. The first-order valence-corrected chi connectivity index (χ1v) is 10.7. The third kappa shape index (κ3) is 4.42. The minimum Gasteiger partial charge on any atom is -0.493 e.